The minimum Gasteiger partial charge on any atom is -0.495 e. The van der Waals surface area contributed by atoms with Gasteiger partial charge in [0.05, 0.1) is 17.7 Å². The molecule has 0 atom stereocenters. The Labute approximate surface area is 162 Å². The Kier molecular flexibility index (Phi) is 8.12. The van der Waals surface area contributed by atoms with Crippen LogP contribution in [0.4, 0.5) is 5.69 Å². The number of sulfonamides is 1. The van der Waals surface area contributed by atoms with Crippen molar-refractivity contribution in [3.8, 4) is 5.75 Å². The quantitative estimate of drug-likeness (QED) is 0.541. The number of nitrogens with zero attached hydrogens (tertiary/aromatic N) is 1. The topological polar surface area (TPSA) is 70.7 Å². The number of ether oxygens (including phenoxy) is 1. The highest BCUT2D eigenvalue weighted by Crippen LogP contribution is 2.29. The van der Waals surface area contributed by atoms with E-state index in [1.54, 1.807) is 29.6 Å². The van der Waals surface area contributed by atoms with E-state index in [1.807, 2.05) is 0 Å². The van der Waals surface area contributed by atoms with Crippen molar-refractivity contribution >= 4 is 33.0 Å². The Morgan fingerprint density at radius 1 is 1.23 bits per heavy atom. The standard InChI is InChI=1S/C18H29N3O3S2/c1-3-4-11-19-18(25)20-16-14-15(9-10-17(16)24-2)26(22,23)21-12-7-5-6-8-13-21/h9-10,14H,3-8,11-13H2,1-2H3,(H2,19,20,25). The van der Waals surface area contributed by atoms with Crippen LogP contribution < -0.4 is 15.4 Å². The first-order valence-corrected chi connectivity index (χ1v) is 11.1. The summed E-state index contributed by atoms with van der Waals surface area (Å²) in [7, 11) is -1.96. The number of benzene rings is 1. The molecule has 0 saturated carbocycles. The lowest BCUT2D eigenvalue weighted by Gasteiger charge is -2.21. The molecule has 1 aliphatic rings. The second kappa shape index (κ2) is 10.1. The first-order chi connectivity index (χ1) is 12.5. The van der Waals surface area contributed by atoms with Crippen LogP contribution in [0.1, 0.15) is 45.4 Å². The average Bonchev–Trinajstić information content (AvgIpc) is 2.92. The summed E-state index contributed by atoms with van der Waals surface area (Å²) in [6.45, 7) is 4.04. The molecule has 0 radical (unpaired) electrons. The van der Waals surface area contributed by atoms with Gasteiger partial charge in [-0.05, 0) is 49.7 Å². The van der Waals surface area contributed by atoms with Gasteiger partial charge in [-0.2, -0.15) is 4.31 Å². The molecule has 0 bridgehead atoms. The van der Waals surface area contributed by atoms with Crippen LogP contribution in [0.2, 0.25) is 0 Å². The highest BCUT2D eigenvalue weighted by Gasteiger charge is 2.26. The predicted molar refractivity (Wildman–Crippen MR) is 109 cm³/mol. The smallest absolute Gasteiger partial charge is 0.243 e. The van der Waals surface area contributed by atoms with Gasteiger partial charge in [0.2, 0.25) is 10.0 Å². The van der Waals surface area contributed by atoms with Crippen LogP contribution in [0.5, 0.6) is 5.75 Å². The SMILES string of the molecule is CCCCNC(=S)Nc1cc(S(=O)(=O)N2CCCCCC2)ccc1OC. The molecule has 1 aromatic rings. The number of hydrogen-bond acceptors (Lipinski definition) is 4. The maximum Gasteiger partial charge on any atom is 0.243 e. The van der Waals surface area contributed by atoms with Gasteiger partial charge in [0.1, 0.15) is 5.75 Å². The first kappa shape index (κ1) is 20.9. The van der Waals surface area contributed by atoms with Crippen molar-refractivity contribution < 1.29 is 13.2 Å². The van der Waals surface area contributed by atoms with Crippen molar-refractivity contribution in [3.05, 3.63) is 18.2 Å². The van der Waals surface area contributed by atoms with Crippen molar-refractivity contribution in [1.82, 2.24) is 9.62 Å². The monoisotopic (exact) mass is 399 g/mol. The maximum absolute atomic E-state index is 13.0. The summed E-state index contributed by atoms with van der Waals surface area (Å²) < 4.78 is 32.9. The van der Waals surface area contributed by atoms with Crippen molar-refractivity contribution in [2.24, 2.45) is 0 Å². The Balaban J connectivity index is 2.20. The molecule has 146 valence electrons. The number of anilines is 1. The minimum atomic E-state index is -3.52. The summed E-state index contributed by atoms with van der Waals surface area (Å²) in [5, 5.41) is 6.64. The van der Waals surface area contributed by atoms with Gasteiger partial charge in [-0.15, -0.1) is 0 Å². The summed E-state index contributed by atoms with van der Waals surface area (Å²) in [5.74, 6) is 0.555. The van der Waals surface area contributed by atoms with E-state index in [-0.39, 0.29) is 4.90 Å². The van der Waals surface area contributed by atoms with Gasteiger partial charge in [0.15, 0.2) is 5.11 Å². The minimum absolute atomic E-state index is 0.263. The van der Waals surface area contributed by atoms with Crippen LogP contribution >= 0.6 is 12.2 Å². The molecule has 0 spiro atoms. The van der Waals surface area contributed by atoms with E-state index in [9.17, 15) is 8.42 Å². The molecular weight excluding hydrogens is 370 g/mol. The lowest BCUT2D eigenvalue weighted by atomic mass is 10.2. The van der Waals surface area contributed by atoms with Gasteiger partial charge < -0.3 is 15.4 Å². The zero-order chi connectivity index (χ0) is 19.0. The summed E-state index contributed by atoms with van der Waals surface area (Å²) in [6, 6.07) is 4.87. The normalized spacial score (nSPS) is 15.9. The van der Waals surface area contributed by atoms with Crippen LogP contribution in [0.25, 0.3) is 0 Å². The van der Waals surface area contributed by atoms with E-state index in [0.29, 0.717) is 29.6 Å². The molecule has 2 N–H and O–H groups in total. The molecule has 1 aromatic carbocycles. The highest BCUT2D eigenvalue weighted by atomic mass is 32.2. The third-order valence-corrected chi connectivity index (χ3v) is 6.58. The molecule has 0 unspecified atom stereocenters. The molecule has 2 rings (SSSR count). The van der Waals surface area contributed by atoms with Gasteiger partial charge in [-0.25, -0.2) is 8.42 Å². The molecule has 1 saturated heterocycles. The van der Waals surface area contributed by atoms with E-state index in [2.05, 4.69) is 17.6 Å². The van der Waals surface area contributed by atoms with Crippen molar-refractivity contribution in [1.29, 1.82) is 0 Å². The van der Waals surface area contributed by atoms with E-state index in [1.165, 1.54) is 0 Å². The molecule has 0 amide bonds. The average molecular weight is 400 g/mol. The van der Waals surface area contributed by atoms with Crippen molar-refractivity contribution in [2.45, 2.75) is 50.3 Å². The maximum atomic E-state index is 13.0. The molecule has 1 heterocycles. The fraction of sp³-hybridized carbons (Fsp3) is 0.611. The van der Waals surface area contributed by atoms with Crippen LogP contribution in [-0.4, -0.2) is 44.6 Å². The number of methoxy groups -OCH3 is 1. The van der Waals surface area contributed by atoms with Gasteiger partial charge in [0, 0.05) is 19.6 Å². The Morgan fingerprint density at radius 3 is 2.54 bits per heavy atom. The summed E-state index contributed by atoms with van der Waals surface area (Å²) in [6.07, 6.45) is 6.07. The molecule has 26 heavy (non-hydrogen) atoms. The van der Waals surface area contributed by atoms with Gasteiger partial charge in [0.25, 0.3) is 0 Å². The Bertz CT molecular complexity index is 700. The molecule has 0 aliphatic carbocycles. The van der Waals surface area contributed by atoms with E-state index >= 15 is 0 Å². The lowest BCUT2D eigenvalue weighted by molar-refractivity contribution is 0.415. The van der Waals surface area contributed by atoms with Crippen LogP contribution in [0.15, 0.2) is 23.1 Å². The second-order valence-electron chi connectivity index (χ2n) is 6.41. The van der Waals surface area contributed by atoms with Gasteiger partial charge in [-0.1, -0.05) is 26.2 Å². The molecule has 0 aromatic heterocycles. The van der Waals surface area contributed by atoms with Crippen molar-refractivity contribution in [2.75, 3.05) is 32.1 Å². The molecular formula is C18H29N3O3S2. The first-order valence-electron chi connectivity index (χ1n) is 9.22. The lowest BCUT2D eigenvalue weighted by Crippen LogP contribution is -2.32. The summed E-state index contributed by atoms with van der Waals surface area (Å²) >= 11 is 5.30. The largest absolute Gasteiger partial charge is 0.495 e. The van der Waals surface area contributed by atoms with Crippen LogP contribution in [-0.2, 0) is 10.0 Å². The predicted octanol–water partition coefficient (Wildman–Crippen LogP) is 3.35. The van der Waals surface area contributed by atoms with Crippen LogP contribution in [0.3, 0.4) is 0 Å². The third kappa shape index (κ3) is 5.56. The number of nitrogens with one attached hydrogen (secondary N) is 2. The number of thiocarbonyl (C=S) groups is 1. The Morgan fingerprint density at radius 2 is 1.92 bits per heavy atom. The van der Waals surface area contributed by atoms with Gasteiger partial charge in [-0.3, -0.25) is 0 Å². The van der Waals surface area contributed by atoms with Crippen LogP contribution in [0, 0.1) is 0 Å². The zero-order valence-corrected chi connectivity index (χ0v) is 17.2. The Hall–Kier alpha value is -1.38. The molecule has 1 aliphatic heterocycles. The fourth-order valence-corrected chi connectivity index (χ4v) is 4.68. The van der Waals surface area contributed by atoms with Gasteiger partial charge >= 0.3 is 0 Å². The van der Waals surface area contributed by atoms with Crippen molar-refractivity contribution in [3.63, 3.8) is 0 Å². The number of rotatable bonds is 7. The third-order valence-electron chi connectivity index (χ3n) is 4.44. The van der Waals surface area contributed by atoms with E-state index < -0.39 is 10.0 Å². The summed E-state index contributed by atoms with van der Waals surface area (Å²) in [4.78, 5) is 0.263. The number of hydrogen-bond donors (Lipinski definition) is 2. The van der Waals surface area contributed by atoms with E-state index in [4.69, 9.17) is 17.0 Å². The number of unbranched alkanes of at least 4 members (excludes halogenated alkanes) is 1. The molecule has 1 fully saturated rings. The molecule has 8 heteroatoms. The highest BCUT2D eigenvalue weighted by molar-refractivity contribution is 7.89. The van der Waals surface area contributed by atoms with E-state index in [0.717, 1.165) is 45.1 Å². The zero-order valence-electron chi connectivity index (χ0n) is 15.6. The summed E-state index contributed by atoms with van der Waals surface area (Å²) in [5.41, 5.74) is 0.553. The molecule has 6 nitrogen and oxygen atoms in total. The fourth-order valence-electron chi connectivity index (χ4n) is 2.92. The second-order valence-corrected chi connectivity index (χ2v) is 8.76.